The van der Waals surface area contributed by atoms with Crippen molar-refractivity contribution in [3.8, 4) is 11.5 Å². The van der Waals surface area contributed by atoms with Crippen molar-refractivity contribution in [1.82, 2.24) is 4.90 Å². The van der Waals surface area contributed by atoms with Gasteiger partial charge in [-0.2, -0.15) is 0 Å². The van der Waals surface area contributed by atoms with Gasteiger partial charge >= 0.3 is 0 Å². The number of halogens is 2. The van der Waals surface area contributed by atoms with Gasteiger partial charge in [0.25, 0.3) is 11.7 Å². The predicted molar refractivity (Wildman–Crippen MR) is 133 cm³/mol. The minimum absolute atomic E-state index is 0.0444. The third kappa shape index (κ3) is 4.91. The zero-order valence-corrected chi connectivity index (χ0v) is 21.9. The number of amides is 1. The number of Topliss-reactive ketones (excluding diaryl/α,β-unsaturated/α-hetero) is 1. The van der Waals surface area contributed by atoms with Gasteiger partial charge in [-0.1, -0.05) is 23.2 Å². The third-order valence-electron chi connectivity index (χ3n) is 5.48. The maximum Gasteiger partial charge on any atom is 0.295 e. The Balaban J connectivity index is 2.16. The Morgan fingerprint density at radius 1 is 1.21 bits per heavy atom. The maximum absolute atomic E-state index is 13.2. The molecule has 1 saturated heterocycles. The van der Waals surface area contributed by atoms with Crippen LogP contribution in [0.4, 0.5) is 0 Å². The molecule has 2 aromatic rings. The molecule has 0 bridgehead atoms. The molecule has 1 aromatic heterocycles. The first-order valence-corrected chi connectivity index (χ1v) is 12.3. The lowest BCUT2D eigenvalue weighted by Gasteiger charge is -2.25. The molecule has 0 saturated carbocycles. The minimum Gasteiger partial charge on any atom is -0.507 e. The standard InChI is InChI=1S/C24H27Cl2NO6S/c1-12(2)33-9-6-8-27-18(23-13(3)7-10-34-23)16(20(29)24(27)30)19(28)14-11-15(25)22(32-5)17(26)21(14)31-4/h7,10-12,18,28H,6,8-9H2,1-5H3/b19-16+. The molecule has 0 radical (unpaired) electrons. The number of aryl methyl sites for hydroxylation is 1. The molecule has 34 heavy (non-hydrogen) atoms. The van der Waals surface area contributed by atoms with E-state index >= 15 is 0 Å². The highest BCUT2D eigenvalue weighted by Gasteiger charge is 2.47. The Kier molecular flexibility index (Phi) is 8.52. The molecule has 0 spiro atoms. The SMILES string of the molecule is COc1c(Cl)cc(/C(O)=C2\C(=O)C(=O)N(CCCOC(C)C)C2c2sccc2C)c(OC)c1Cl. The molecule has 1 atom stereocenters. The number of likely N-dealkylation sites (tertiary alicyclic amines) is 1. The van der Waals surface area contributed by atoms with Crippen molar-refractivity contribution >= 4 is 52.0 Å². The van der Waals surface area contributed by atoms with Gasteiger partial charge < -0.3 is 24.2 Å². The number of rotatable bonds is 9. The van der Waals surface area contributed by atoms with Crippen LogP contribution < -0.4 is 9.47 Å². The summed E-state index contributed by atoms with van der Waals surface area (Å²) in [6.07, 6.45) is 0.596. The second kappa shape index (κ2) is 11.0. The summed E-state index contributed by atoms with van der Waals surface area (Å²) in [4.78, 5) is 28.6. The van der Waals surface area contributed by atoms with Crippen molar-refractivity contribution in [3.63, 3.8) is 0 Å². The first kappa shape index (κ1) is 26.3. The van der Waals surface area contributed by atoms with Crippen LogP contribution in [-0.2, 0) is 14.3 Å². The van der Waals surface area contributed by atoms with E-state index in [1.807, 2.05) is 32.2 Å². The van der Waals surface area contributed by atoms with Gasteiger partial charge in [0.05, 0.1) is 42.5 Å². The van der Waals surface area contributed by atoms with Crippen molar-refractivity contribution in [3.05, 3.63) is 49.1 Å². The van der Waals surface area contributed by atoms with Gasteiger partial charge in [0.2, 0.25) is 0 Å². The molecule has 1 unspecified atom stereocenters. The van der Waals surface area contributed by atoms with E-state index in [1.54, 1.807) is 0 Å². The number of ketones is 1. The van der Waals surface area contributed by atoms with Crippen LogP contribution in [0.2, 0.25) is 10.0 Å². The van der Waals surface area contributed by atoms with Crippen LogP contribution in [0.15, 0.2) is 23.1 Å². The molecule has 1 aliphatic heterocycles. The average Bonchev–Trinajstić information content (AvgIpc) is 3.31. The molecule has 3 rings (SSSR count). The summed E-state index contributed by atoms with van der Waals surface area (Å²) in [7, 11) is 2.78. The number of ether oxygens (including phenoxy) is 3. The highest BCUT2D eigenvalue weighted by Crippen LogP contribution is 2.48. The van der Waals surface area contributed by atoms with Crippen LogP contribution in [0.5, 0.6) is 11.5 Å². The molecule has 1 fully saturated rings. The molecule has 1 amide bonds. The topological polar surface area (TPSA) is 85.3 Å². The molecule has 7 nitrogen and oxygen atoms in total. The Labute approximate surface area is 212 Å². The van der Waals surface area contributed by atoms with Crippen molar-refractivity contribution in [2.45, 2.75) is 39.3 Å². The molecule has 1 N–H and O–H groups in total. The fourth-order valence-electron chi connectivity index (χ4n) is 3.89. The maximum atomic E-state index is 13.2. The lowest BCUT2D eigenvalue weighted by atomic mass is 9.97. The summed E-state index contributed by atoms with van der Waals surface area (Å²) < 4.78 is 16.2. The van der Waals surface area contributed by atoms with E-state index in [0.29, 0.717) is 13.0 Å². The van der Waals surface area contributed by atoms with E-state index in [-0.39, 0.29) is 45.3 Å². The van der Waals surface area contributed by atoms with E-state index in [4.69, 9.17) is 37.4 Å². The average molecular weight is 528 g/mol. The highest BCUT2D eigenvalue weighted by atomic mass is 35.5. The van der Waals surface area contributed by atoms with Crippen LogP contribution in [-0.4, -0.2) is 55.2 Å². The summed E-state index contributed by atoms with van der Waals surface area (Å²) in [5, 5.41) is 13.4. The number of benzene rings is 1. The first-order chi connectivity index (χ1) is 16.1. The van der Waals surface area contributed by atoms with Crippen molar-refractivity contribution in [1.29, 1.82) is 0 Å². The van der Waals surface area contributed by atoms with E-state index < -0.39 is 23.5 Å². The molecule has 10 heteroatoms. The number of aliphatic hydroxyl groups excluding tert-OH is 1. The summed E-state index contributed by atoms with van der Waals surface area (Å²) in [6, 6.07) is 2.55. The van der Waals surface area contributed by atoms with Gasteiger partial charge in [-0.25, -0.2) is 0 Å². The fourth-order valence-corrected chi connectivity index (χ4v) is 5.63. The normalized spacial score (nSPS) is 17.6. The van der Waals surface area contributed by atoms with Crippen molar-refractivity contribution in [2.75, 3.05) is 27.4 Å². The quantitative estimate of drug-likeness (QED) is 0.197. The summed E-state index contributed by atoms with van der Waals surface area (Å²) in [5.41, 5.74) is 0.957. The van der Waals surface area contributed by atoms with Gasteiger partial charge in [0.15, 0.2) is 11.5 Å². The summed E-state index contributed by atoms with van der Waals surface area (Å²) in [6.45, 7) is 6.49. The number of methoxy groups -OCH3 is 2. The monoisotopic (exact) mass is 527 g/mol. The van der Waals surface area contributed by atoms with Gasteiger partial charge in [0.1, 0.15) is 10.8 Å². The first-order valence-electron chi connectivity index (χ1n) is 10.7. The Bertz CT molecular complexity index is 1130. The number of aliphatic hydroxyl groups is 1. The van der Waals surface area contributed by atoms with Crippen LogP contribution in [0.25, 0.3) is 5.76 Å². The molecular weight excluding hydrogens is 501 g/mol. The van der Waals surface area contributed by atoms with Gasteiger partial charge in [0, 0.05) is 18.0 Å². The smallest absolute Gasteiger partial charge is 0.295 e. The molecular formula is C24H27Cl2NO6S. The molecule has 1 aliphatic rings. The van der Waals surface area contributed by atoms with Crippen LogP contribution in [0, 0.1) is 6.92 Å². The van der Waals surface area contributed by atoms with E-state index in [2.05, 4.69) is 0 Å². The number of hydrogen-bond acceptors (Lipinski definition) is 7. The van der Waals surface area contributed by atoms with Crippen LogP contribution in [0.3, 0.4) is 0 Å². The second-order valence-electron chi connectivity index (χ2n) is 8.02. The lowest BCUT2D eigenvalue weighted by molar-refractivity contribution is -0.140. The van der Waals surface area contributed by atoms with Gasteiger partial charge in [-0.15, -0.1) is 11.3 Å². The zero-order chi connectivity index (χ0) is 25.2. The second-order valence-corrected chi connectivity index (χ2v) is 9.75. The molecule has 0 aliphatic carbocycles. The van der Waals surface area contributed by atoms with Crippen molar-refractivity contribution in [2.24, 2.45) is 0 Å². The van der Waals surface area contributed by atoms with E-state index in [0.717, 1.165) is 10.4 Å². The number of nitrogens with zero attached hydrogens (tertiary/aromatic N) is 1. The Hall–Kier alpha value is -2.26. The van der Waals surface area contributed by atoms with Gasteiger partial charge in [-0.3, -0.25) is 9.59 Å². The zero-order valence-electron chi connectivity index (χ0n) is 19.6. The number of carbonyl (C=O) groups excluding carboxylic acids is 2. The molecule has 2 heterocycles. The number of hydrogen-bond donors (Lipinski definition) is 1. The fraction of sp³-hybridized carbons (Fsp3) is 0.417. The van der Waals surface area contributed by atoms with Crippen molar-refractivity contribution < 1.29 is 28.9 Å². The lowest BCUT2D eigenvalue weighted by Crippen LogP contribution is -2.31. The third-order valence-corrected chi connectivity index (χ3v) is 7.17. The summed E-state index contributed by atoms with van der Waals surface area (Å²) >= 11 is 14.1. The highest BCUT2D eigenvalue weighted by molar-refractivity contribution is 7.10. The van der Waals surface area contributed by atoms with E-state index in [9.17, 15) is 14.7 Å². The number of carbonyl (C=O) groups is 2. The van der Waals surface area contributed by atoms with E-state index in [1.165, 1.54) is 36.5 Å². The largest absolute Gasteiger partial charge is 0.507 e. The minimum atomic E-state index is -0.787. The van der Waals surface area contributed by atoms with Gasteiger partial charge in [-0.05, 0) is 50.3 Å². The summed E-state index contributed by atoms with van der Waals surface area (Å²) in [5.74, 6) is -1.63. The Morgan fingerprint density at radius 3 is 2.44 bits per heavy atom. The Morgan fingerprint density at radius 2 is 1.88 bits per heavy atom. The molecule has 184 valence electrons. The van der Waals surface area contributed by atoms with Crippen LogP contribution in [0.1, 0.15) is 42.3 Å². The number of thiophene rings is 1. The van der Waals surface area contributed by atoms with Crippen LogP contribution >= 0.6 is 34.5 Å². The molecule has 1 aromatic carbocycles. The predicted octanol–water partition coefficient (Wildman–Crippen LogP) is 5.62.